The summed E-state index contributed by atoms with van der Waals surface area (Å²) < 4.78 is 4.43. The number of aliphatic hydroxyl groups is 1. The molecule has 0 bridgehead atoms. The van der Waals surface area contributed by atoms with Gasteiger partial charge in [-0.2, -0.15) is 0 Å². The molecule has 1 atom stereocenters. The quantitative estimate of drug-likeness (QED) is 0.763. The van der Waals surface area contributed by atoms with Gasteiger partial charge in [-0.25, -0.2) is 4.79 Å². The summed E-state index contributed by atoms with van der Waals surface area (Å²) in [6.45, 7) is 5.63. The maximum atomic E-state index is 11.1. The fourth-order valence-electron chi connectivity index (χ4n) is 1.18. The Morgan fingerprint density at radius 2 is 1.93 bits per heavy atom. The first-order valence-corrected chi connectivity index (χ1v) is 4.58. The van der Waals surface area contributed by atoms with Crippen LogP contribution in [0.5, 0.6) is 0 Å². The molecule has 0 saturated carbocycles. The van der Waals surface area contributed by atoms with Gasteiger partial charge in [0.25, 0.3) is 0 Å². The van der Waals surface area contributed by atoms with E-state index in [0.29, 0.717) is 5.57 Å². The zero-order valence-corrected chi connectivity index (χ0v) is 8.86. The van der Waals surface area contributed by atoms with E-state index < -0.39 is 12.1 Å². The SMILES string of the molecule is C=C(c1ccc(C)cc1)C(O)C(=O)OC. The standard InChI is InChI=1S/C12H14O3/c1-8-4-6-10(7-5-8)9(2)11(13)12(14)15-3/h4-7,11,13H,2H2,1,3H3. The number of ether oxygens (including phenoxy) is 1. The average molecular weight is 206 g/mol. The minimum Gasteiger partial charge on any atom is -0.467 e. The number of benzene rings is 1. The Labute approximate surface area is 89.0 Å². The van der Waals surface area contributed by atoms with Crippen LogP contribution in [-0.4, -0.2) is 24.3 Å². The maximum Gasteiger partial charge on any atom is 0.339 e. The van der Waals surface area contributed by atoms with Crippen LogP contribution in [0.25, 0.3) is 5.57 Å². The van der Waals surface area contributed by atoms with Gasteiger partial charge in [0.2, 0.25) is 0 Å². The van der Waals surface area contributed by atoms with Crippen LogP contribution >= 0.6 is 0 Å². The Bertz CT molecular complexity index is 365. The third kappa shape index (κ3) is 2.67. The highest BCUT2D eigenvalue weighted by Crippen LogP contribution is 2.17. The number of aliphatic hydroxyl groups excluding tert-OH is 1. The van der Waals surface area contributed by atoms with Gasteiger partial charge in [-0.15, -0.1) is 0 Å². The van der Waals surface area contributed by atoms with Gasteiger partial charge in [-0.1, -0.05) is 36.4 Å². The first-order valence-electron chi connectivity index (χ1n) is 4.58. The molecule has 0 heterocycles. The molecule has 0 aliphatic rings. The number of rotatable bonds is 3. The summed E-state index contributed by atoms with van der Waals surface area (Å²) in [7, 11) is 1.23. The molecule has 0 spiro atoms. The highest BCUT2D eigenvalue weighted by molar-refractivity contribution is 5.90. The lowest BCUT2D eigenvalue weighted by atomic mass is 10.0. The lowest BCUT2D eigenvalue weighted by Gasteiger charge is -2.11. The van der Waals surface area contributed by atoms with Gasteiger partial charge >= 0.3 is 5.97 Å². The van der Waals surface area contributed by atoms with Crippen molar-refractivity contribution < 1.29 is 14.6 Å². The van der Waals surface area contributed by atoms with Crippen molar-refractivity contribution in [3.05, 3.63) is 42.0 Å². The zero-order chi connectivity index (χ0) is 11.4. The zero-order valence-electron chi connectivity index (χ0n) is 8.86. The van der Waals surface area contributed by atoms with Gasteiger partial charge in [0.1, 0.15) is 0 Å². The molecular weight excluding hydrogens is 192 g/mol. The van der Waals surface area contributed by atoms with Crippen LogP contribution in [0.3, 0.4) is 0 Å². The van der Waals surface area contributed by atoms with E-state index in [4.69, 9.17) is 0 Å². The predicted octanol–water partition coefficient (Wildman–Crippen LogP) is 1.54. The molecule has 0 saturated heterocycles. The molecule has 1 unspecified atom stereocenters. The summed E-state index contributed by atoms with van der Waals surface area (Å²) in [6, 6.07) is 7.41. The number of methoxy groups -OCH3 is 1. The van der Waals surface area contributed by atoms with Gasteiger partial charge < -0.3 is 9.84 Å². The highest BCUT2D eigenvalue weighted by atomic mass is 16.5. The third-order valence-electron chi connectivity index (χ3n) is 2.18. The van der Waals surface area contributed by atoms with Crippen molar-refractivity contribution in [3.8, 4) is 0 Å². The minimum atomic E-state index is -1.29. The van der Waals surface area contributed by atoms with E-state index in [1.54, 1.807) is 0 Å². The summed E-state index contributed by atoms with van der Waals surface area (Å²) >= 11 is 0. The molecule has 1 N–H and O–H groups in total. The predicted molar refractivity (Wildman–Crippen MR) is 58.2 cm³/mol. The van der Waals surface area contributed by atoms with Gasteiger partial charge in [0.05, 0.1) is 7.11 Å². The molecule has 15 heavy (non-hydrogen) atoms. The van der Waals surface area contributed by atoms with E-state index in [9.17, 15) is 9.90 Å². The molecule has 0 aliphatic carbocycles. The second-order valence-corrected chi connectivity index (χ2v) is 3.32. The van der Waals surface area contributed by atoms with Crippen LogP contribution in [0.2, 0.25) is 0 Å². The molecule has 3 heteroatoms. The van der Waals surface area contributed by atoms with E-state index in [2.05, 4.69) is 11.3 Å². The molecular formula is C12H14O3. The van der Waals surface area contributed by atoms with Gasteiger partial charge in [0.15, 0.2) is 6.10 Å². The summed E-state index contributed by atoms with van der Waals surface area (Å²) in [5.41, 5.74) is 2.19. The first kappa shape index (κ1) is 11.5. The number of carbonyl (C=O) groups excluding carboxylic acids is 1. The monoisotopic (exact) mass is 206 g/mol. The number of carbonyl (C=O) groups is 1. The van der Waals surface area contributed by atoms with Crippen molar-refractivity contribution >= 4 is 11.5 Å². The van der Waals surface area contributed by atoms with Crippen molar-refractivity contribution in [1.29, 1.82) is 0 Å². The van der Waals surface area contributed by atoms with E-state index in [0.717, 1.165) is 11.1 Å². The van der Waals surface area contributed by atoms with Crippen LogP contribution < -0.4 is 0 Å². The molecule has 0 fully saturated rings. The van der Waals surface area contributed by atoms with Crippen LogP contribution in [0.4, 0.5) is 0 Å². The van der Waals surface area contributed by atoms with Crippen molar-refractivity contribution in [3.63, 3.8) is 0 Å². The number of hydrogen-bond donors (Lipinski definition) is 1. The molecule has 0 radical (unpaired) electrons. The molecule has 1 aromatic rings. The molecule has 80 valence electrons. The van der Waals surface area contributed by atoms with E-state index >= 15 is 0 Å². The van der Waals surface area contributed by atoms with Crippen LogP contribution in [-0.2, 0) is 9.53 Å². The Hall–Kier alpha value is -1.61. The topological polar surface area (TPSA) is 46.5 Å². The Morgan fingerprint density at radius 1 is 1.40 bits per heavy atom. The lowest BCUT2D eigenvalue weighted by Crippen LogP contribution is -2.22. The van der Waals surface area contributed by atoms with E-state index in [-0.39, 0.29) is 0 Å². The summed E-state index contributed by atoms with van der Waals surface area (Å²) in [5.74, 6) is -0.694. The number of esters is 1. The number of hydrogen-bond acceptors (Lipinski definition) is 3. The van der Waals surface area contributed by atoms with Crippen molar-refractivity contribution in [2.24, 2.45) is 0 Å². The number of aryl methyl sites for hydroxylation is 1. The van der Waals surface area contributed by atoms with E-state index in [1.165, 1.54) is 7.11 Å². The second-order valence-electron chi connectivity index (χ2n) is 3.32. The second kappa shape index (κ2) is 4.75. The van der Waals surface area contributed by atoms with E-state index in [1.807, 2.05) is 31.2 Å². The van der Waals surface area contributed by atoms with Crippen molar-refractivity contribution in [2.75, 3.05) is 7.11 Å². The summed E-state index contributed by atoms with van der Waals surface area (Å²) in [4.78, 5) is 11.1. The smallest absolute Gasteiger partial charge is 0.339 e. The molecule has 1 aromatic carbocycles. The van der Waals surface area contributed by atoms with Crippen LogP contribution in [0.1, 0.15) is 11.1 Å². The van der Waals surface area contributed by atoms with Gasteiger partial charge in [-0.05, 0) is 18.1 Å². The van der Waals surface area contributed by atoms with Crippen molar-refractivity contribution in [2.45, 2.75) is 13.0 Å². The third-order valence-corrected chi connectivity index (χ3v) is 2.18. The van der Waals surface area contributed by atoms with Gasteiger partial charge in [-0.3, -0.25) is 0 Å². The Balaban J connectivity index is 2.85. The maximum absolute atomic E-state index is 11.1. The van der Waals surface area contributed by atoms with Crippen LogP contribution in [0, 0.1) is 6.92 Å². The molecule has 1 rings (SSSR count). The summed E-state index contributed by atoms with van der Waals surface area (Å²) in [5, 5.41) is 9.53. The molecule has 0 aliphatic heterocycles. The molecule has 0 amide bonds. The lowest BCUT2D eigenvalue weighted by molar-refractivity contribution is -0.147. The Kier molecular flexibility index (Phi) is 3.63. The summed E-state index contributed by atoms with van der Waals surface area (Å²) in [6.07, 6.45) is -1.29. The van der Waals surface area contributed by atoms with Gasteiger partial charge in [0, 0.05) is 0 Å². The Morgan fingerprint density at radius 3 is 2.40 bits per heavy atom. The fraction of sp³-hybridized carbons (Fsp3) is 0.250. The molecule has 3 nitrogen and oxygen atoms in total. The van der Waals surface area contributed by atoms with Crippen LogP contribution in [0.15, 0.2) is 30.8 Å². The average Bonchev–Trinajstić information content (AvgIpc) is 2.27. The first-order chi connectivity index (χ1) is 7.06. The minimum absolute atomic E-state index is 0.349. The normalized spacial score (nSPS) is 11.9. The molecule has 0 aromatic heterocycles. The largest absolute Gasteiger partial charge is 0.467 e. The fourth-order valence-corrected chi connectivity index (χ4v) is 1.18. The van der Waals surface area contributed by atoms with Crippen molar-refractivity contribution in [1.82, 2.24) is 0 Å². The highest BCUT2D eigenvalue weighted by Gasteiger charge is 2.19.